The van der Waals surface area contributed by atoms with Gasteiger partial charge in [-0.1, -0.05) is 124 Å². The molecule has 1 aliphatic heterocycles. The van der Waals surface area contributed by atoms with E-state index in [2.05, 4.69) is 52.8 Å². The second-order valence-electron chi connectivity index (χ2n) is 27.2. The summed E-state index contributed by atoms with van der Waals surface area (Å²) >= 11 is 0. The van der Waals surface area contributed by atoms with Crippen molar-refractivity contribution in [2.45, 2.75) is 199 Å². The number of likely N-dealkylation sites (tertiary alicyclic amines) is 1. The van der Waals surface area contributed by atoms with E-state index in [0.717, 1.165) is 19.3 Å². The first-order valence-electron chi connectivity index (χ1n) is 31.6. The molecular weight excluding hydrogens is 1210 g/mol. The molecule has 1 fully saturated rings. The average Bonchev–Trinajstić information content (AvgIpc) is 1.75. The second-order valence-corrected chi connectivity index (χ2v) is 27.2. The standard InChI is InChI=1S/C13H28N6O2.C13H27N3O2.C12H23N3O4.C12H23N3O2.C11H21N3O4/c1-13(2,3)11(21)19-9(10(20)17-8-6-14)5-4-7-18-12(15)16;1-6-9(2)10(11(17)15-8-7-14)16-12(18)13(3,4)5;1-12(2,3)11(19)15-8(4-5-9(16)17)10(18)14-7-6-13;1-12(2,3)11(17)15-8-4-5-9(15)10(16)14-7-6-13;1-11(2,3)10(18)14-7(6-8(15)16)9(17)13-5-4-12/h9H,4-8,14H2,1-3H3,(H,17,20)(H,19,21)(H4,15,16,18);9-10H,6-8,14H2,1-5H3,(H,15,17)(H,16,18);8H,4-7,13H2,1-3H3,(H,14,18)(H,15,19)(H,16,17);9H,4-8,13H2,1-3H3,(H,14,16);7H,4-6,12H2,1-3H3,(H,13,17)(H,14,18)(H,15,16). The summed E-state index contributed by atoms with van der Waals surface area (Å²) in [5, 5.41) is 41.1. The van der Waals surface area contributed by atoms with Crippen molar-refractivity contribution in [2.75, 3.05) is 78.5 Å². The van der Waals surface area contributed by atoms with Crippen molar-refractivity contribution in [3.63, 3.8) is 0 Å². The predicted molar refractivity (Wildman–Crippen MR) is 359 cm³/mol. The maximum Gasteiger partial charge on any atom is 0.305 e. The van der Waals surface area contributed by atoms with Crippen molar-refractivity contribution in [3.8, 4) is 0 Å². The number of aliphatic carboxylic acids is 2. The van der Waals surface area contributed by atoms with Crippen LogP contribution in [0.2, 0.25) is 0 Å². The summed E-state index contributed by atoms with van der Waals surface area (Å²) in [5.41, 5.74) is 34.2. The van der Waals surface area contributed by atoms with Crippen LogP contribution in [0.15, 0.2) is 4.99 Å². The lowest BCUT2D eigenvalue weighted by Gasteiger charge is -2.30. The number of carbonyl (C=O) groups excluding carboxylic acids is 10. The summed E-state index contributed by atoms with van der Waals surface area (Å²) in [7, 11) is 0. The van der Waals surface area contributed by atoms with Gasteiger partial charge in [-0.05, 0) is 38.0 Å². The van der Waals surface area contributed by atoms with Crippen molar-refractivity contribution >= 4 is 77.0 Å². The molecule has 10 amide bonds. The number of nitrogens with one attached hydrogen (secondary N) is 9. The Morgan fingerprint density at radius 2 is 0.849 bits per heavy atom. The van der Waals surface area contributed by atoms with Crippen molar-refractivity contribution < 1.29 is 67.7 Å². The van der Waals surface area contributed by atoms with Crippen LogP contribution >= 0.6 is 0 Å². The number of amides is 10. The van der Waals surface area contributed by atoms with Gasteiger partial charge in [0.25, 0.3) is 0 Å². The normalized spacial score (nSPS) is 14.4. The van der Waals surface area contributed by atoms with E-state index in [-0.39, 0.29) is 104 Å². The lowest BCUT2D eigenvalue weighted by Crippen LogP contribution is -2.53. The van der Waals surface area contributed by atoms with Gasteiger partial charge in [0, 0.05) is 112 Å². The van der Waals surface area contributed by atoms with Crippen molar-refractivity contribution in [1.29, 1.82) is 0 Å². The SMILES string of the molecule is CC(C)(C)C(=O)N1CCCC1C(=O)NCCN.CC(C)(C)C(=O)NC(CC(=O)O)C(=O)NCCN.CC(C)(C)C(=O)NC(CCC(=O)O)C(=O)NCCN.CC(C)(C)C(=O)NC(CCCN=C(N)N)C(=O)NCCN.CCC(C)C(NC(=O)C(C)(C)C)C(=O)NCCN. The van der Waals surface area contributed by atoms with Gasteiger partial charge in [0.15, 0.2) is 5.96 Å². The topological polar surface area (TPSA) is 551 Å². The highest BCUT2D eigenvalue weighted by Gasteiger charge is 2.39. The number of rotatable bonds is 30. The van der Waals surface area contributed by atoms with Gasteiger partial charge < -0.3 is 103 Å². The summed E-state index contributed by atoms with van der Waals surface area (Å²) < 4.78 is 0. The van der Waals surface area contributed by atoms with E-state index < -0.39 is 81.4 Å². The number of carbonyl (C=O) groups is 12. The Labute approximate surface area is 551 Å². The molecule has 0 bridgehead atoms. The minimum Gasteiger partial charge on any atom is -0.481 e. The summed E-state index contributed by atoms with van der Waals surface area (Å²) in [4.78, 5) is 146. The molecule has 1 aliphatic rings. The van der Waals surface area contributed by atoms with E-state index in [4.69, 9.17) is 50.3 Å². The Morgan fingerprint density at radius 1 is 0.495 bits per heavy atom. The molecule has 6 atom stereocenters. The van der Waals surface area contributed by atoms with Crippen LogP contribution < -0.4 is 88.0 Å². The molecule has 1 rings (SSSR count). The van der Waals surface area contributed by atoms with E-state index in [9.17, 15) is 57.5 Å². The van der Waals surface area contributed by atoms with Gasteiger partial charge in [0.1, 0.15) is 30.2 Å². The molecule has 32 nitrogen and oxygen atoms in total. The molecule has 0 aliphatic carbocycles. The van der Waals surface area contributed by atoms with Gasteiger partial charge in [-0.25, -0.2) is 0 Å². The molecule has 0 aromatic carbocycles. The van der Waals surface area contributed by atoms with Crippen LogP contribution in [0.3, 0.4) is 0 Å². The Kier molecular flexibility index (Phi) is 46.3. The minimum absolute atomic E-state index is 0.0119. The van der Waals surface area contributed by atoms with Crippen molar-refractivity contribution in [1.82, 2.24) is 52.8 Å². The monoisotopic (exact) mass is 1330 g/mol. The molecular formula is C61H122N18O14. The van der Waals surface area contributed by atoms with Crippen LogP contribution in [-0.4, -0.2) is 201 Å². The average molecular weight is 1330 g/mol. The zero-order chi connectivity index (χ0) is 73.3. The van der Waals surface area contributed by atoms with Gasteiger partial charge >= 0.3 is 11.9 Å². The van der Waals surface area contributed by atoms with Gasteiger partial charge in [-0.15, -0.1) is 0 Å². The van der Waals surface area contributed by atoms with E-state index in [0.29, 0.717) is 65.2 Å². The zero-order valence-electron chi connectivity index (χ0n) is 58.8. The maximum atomic E-state index is 12.2. The van der Waals surface area contributed by atoms with E-state index >= 15 is 0 Å². The van der Waals surface area contributed by atoms with Crippen LogP contribution in [0.5, 0.6) is 0 Å². The molecule has 1 heterocycles. The largest absolute Gasteiger partial charge is 0.481 e. The zero-order valence-corrected chi connectivity index (χ0v) is 58.8. The number of carboxylic acid groups (broad SMARTS) is 2. The summed E-state index contributed by atoms with van der Waals surface area (Å²) in [6.45, 7) is 35.2. The van der Waals surface area contributed by atoms with Crippen LogP contribution in [0.4, 0.5) is 0 Å². The molecule has 0 aromatic rings. The van der Waals surface area contributed by atoms with E-state index in [1.807, 2.05) is 55.4 Å². The Balaban J connectivity index is -0.000000533. The van der Waals surface area contributed by atoms with E-state index in [1.54, 1.807) is 67.2 Å². The van der Waals surface area contributed by atoms with Gasteiger partial charge in [-0.3, -0.25) is 62.5 Å². The fourth-order valence-electron chi connectivity index (χ4n) is 7.16. The number of hydrogen-bond donors (Lipinski definition) is 18. The predicted octanol–water partition coefficient (Wildman–Crippen LogP) is -2.09. The molecule has 0 aromatic heterocycles. The Morgan fingerprint density at radius 3 is 1.19 bits per heavy atom. The highest BCUT2D eigenvalue weighted by Crippen LogP contribution is 2.26. The third kappa shape index (κ3) is 44.0. The molecule has 0 saturated carbocycles. The smallest absolute Gasteiger partial charge is 0.305 e. The highest BCUT2D eigenvalue weighted by molar-refractivity contribution is 5.94. The first kappa shape index (κ1) is 92.1. The summed E-state index contributed by atoms with van der Waals surface area (Å²) in [5.74, 6) is -4.44. The Hall–Kier alpha value is -7.29. The molecule has 32 heteroatoms. The van der Waals surface area contributed by atoms with Crippen LogP contribution in [0, 0.1) is 33.0 Å². The molecule has 540 valence electrons. The lowest BCUT2D eigenvalue weighted by molar-refractivity contribution is -0.144. The van der Waals surface area contributed by atoms with Crippen LogP contribution in [-0.2, 0) is 57.5 Å². The third-order valence-electron chi connectivity index (χ3n) is 13.0. The quantitative estimate of drug-likeness (QED) is 0.0208. The number of nitrogens with zero attached hydrogens (tertiary/aromatic N) is 2. The number of hydrogen-bond acceptors (Lipinski definition) is 18. The molecule has 6 unspecified atom stereocenters. The van der Waals surface area contributed by atoms with Gasteiger partial charge in [0.2, 0.25) is 59.1 Å². The summed E-state index contributed by atoms with van der Waals surface area (Å²) in [6.07, 6.45) is 2.90. The number of nitrogens with two attached hydrogens (primary N) is 7. The van der Waals surface area contributed by atoms with E-state index in [1.165, 1.54) is 0 Å². The highest BCUT2D eigenvalue weighted by atomic mass is 16.4. The molecule has 0 radical (unpaired) electrons. The van der Waals surface area contributed by atoms with Gasteiger partial charge in [-0.2, -0.15) is 0 Å². The fraction of sp³-hybridized carbons (Fsp3) is 0.787. The second kappa shape index (κ2) is 46.7. The first-order chi connectivity index (χ1) is 42.6. The van der Waals surface area contributed by atoms with Crippen molar-refractivity contribution in [3.05, 3.63) is 0 Å². The lowest BCUT2D eigenvalue weighted by atomic mass is 9.92. The third-order valence-corrected chi connectivity index (χ3v) is 13.0. The number of aliphatic imine (C=N–C) groups is 1. The maximum absolute atomic E-state index is 12.2. The fourth-order valence-corrected chi connectivity index (χ4v) is 7.16. The number of guanidine groups is 1. The van der Waals surface area contributed by atoms with Crippen LogP contribution in [0.1, 0.15) is 169 Å². The molecule has 1 saturated heterocycles. The number of carboxylic acids is 2. The summed E-state index contributed by atoms with van der Waals surface area (Å²) in [6, 6.07) is -3.35. The Bertz CT molecular complexity index is 2360. The molecule has 0 spiro atoms. The minimum atomic E-state index is -1.16. The molecule has 25 N–H and O–H groups in total. The first-order valence-corrected chi connectivity index (χ1v) is 31.6. The van der Waals surface area contributed by atoms with Crippen LogP contribution in [0.25, 0.3) is 0 Å². The van der Waals surface area contributed by atoms with Crippen molar-refractivity contribution in [2.24, 2.45) is 78.1 Å². The molecule has 93 heavy (non-hydrogen) atoms. The van der Waals surface area contributed by atoms with Gasteiger partial charge in [0.05, 0.1) is 6.42 Å².